The molecule has 3 heterocycles. The number of nitrogens with zero attached hydrogens (tertiary/aromatic N) is 3. The number of halogens is 3. The third-order valence-corrected chi connectivity index (χ3v) is 7.34. The summed E-state index contributed by atoms with van der Waals surface area (Å²) in [7, 11) is 0. The summed E-state index contributed by atoms with van der Waals surface area (Å²) in [4.78, 5) is 13.5. The van der Waals surface area contributed by atoms with Gasteiger partial charge >= 0.3 is 6.18 Å². The Morgan fingerprint density at radius 1 is 1.20 bits per heavy atom. The SMILES string of the molecule is Cc1nc(NCC(F)(F)F)nc(N[C@]23CC[C@H](CN)[C@H]2OC(C)(C)O3)c1-c1nc2ccccc2s1. The molecule has 0 bridgehead atoms. The highest BCUT2D eigenvalue weighted by atomic mass is 32.1. The fourth-order valence-corrected chi connectivity index (χ4v) is 5.96. The molecule has 1 saturated carbocycles. The van der Waals surface area contributed by atoms with Gasteiger partial charge in [-0.1, -0.05) is 12.1 Å². The highest BCUT2D eigenvalue weighted by molar-refractivity contribution is 7.21. The standard InChI is InChI=1S/C23H27F3N6O2S/c1-12-16(19-30-14-6-4-5-7-15(14)35-19)18(31-20(29-12)28-11-23(24,25)26)32-22-9-8-13(10-27)17(22)33-21(2,3)34-22/h4-7,13,17H,8-11,27H2,1-3H3,(H2,28,29,31,32)/t13-,17-,22+/m1/s1. The lowest BCUT2D eigenvalue weighted by Gasteiger charge is -2.31. The van der Waals surface area contributed by atoms with Crippen molar-refractivity contribution < 1.29 is 22.6 Å². The molecule has 188 valence electrons. The third kappa shape index (κ3) is 4.67. The molecule has 0 spiro atoms. The van der Waals surface area contributed by atoms with Crippen LogP contribution in [0.2, 0.25) is 0 Å². The van der Waals surface area contributed by atoms with Crippen molar-refractivity contribution in [1.29, 1.82) is 0 Å². The van der Waals surface area contributed by atoms with E-state index in [-0.39, 0.29) is 18.0 Å². The number of rotatable bonds is 6. The van der Waals surface area contributed by atoms with E-state index in [1.54, 1.807) is 6.92 Å². The first-order valence-electron chi connectivity index (χ1n) is 11.4. The zero-order valence-electron chi connectivity index (χ0n) is 19.6. The predicted molar refractivity (Wildman–Crippen MR) is 128 cm³/mol. The summed E-state index contributed by atoms with van der Waals surface area (Å²) in [6.07, 6.45) is -3.36. The van der Waals surface area contributed by atoms with E-state index in [1.807, 2.05) is 38.1 Å². The highest BCUT2D eigenvalue weighted by Gasteiger charge is 2.60. The summed E-state index contributed by atoms with van der Waals surface area (Å²) in [6, 6.07) is 7.70. The number of aryl methyl sites for hydroxylation is 1. The highest BCUT2D eigenvalue weighted by Crippen LogP contribution is 2.50. The van der Waals surface area contributed by atoms with E-state index in [4.69, 9.17) is 20.2 Å². The lowest BCUT2D eigenvalue weighted by molar-refractivity contribution is -0.166. The Morgan fingerprint density at radius 2 is 1.97 bits per heavy atom. The molecule has 3 atom stereocenters. The van der Waals surface area contributed by atoms with Gasteiger partial charge in [-0.2, -0.15) is 18.2 Å². The van der Waals surface area contributed by atoms with E-state index in [1.165, 1.54) is 11.3 Å². The molecule has 0 unspecified atom stereocenters. The average Bonchev–Trinajstić information content (AvgIpc) is 3.39. The van der Waals surface area contributed by atoms with E-state index >= 15 is 0 Å². The quantitative estimate of drug-likeness (QED) is 0.441. The Labute approximate surface area is 204 Å². The maximum absolute atomic E-state index is 12.9. The van der Waals surface area contributed by atoms with Gasteiger partial charge in [-0.15, -0.1) is 11.3 Å². The summed E-state index contributed by atoms with van der Waals surface area (Å²) in [5, 5.41) is 6.37. The molecule has 0 amide bonds. The molecule has 2 fully saturated rings. The van der Waals surface area contributed by atoms with Gasteiger partial charge in [0.2, 0.25) is 5.95 Å². The molecular formula is C23H27F3N6O2S. The summed E-state index contributed by atoms with van der Waals surface area (Å²) in [5.41, 5.74) is 7.00. The number of nitrogens with one attached hydrogen (secondary N) is 2. The third-order valence-electron chi connectivity index (χ3n) is 6.29. The molecule has 8 nitrogen and oxygen atoms in total. The van der Waals surface area contributed by atoms with Crippen LogP contribution in [-0.4, -0.2) is 51.8 Å². The molecule has 4 N–H and O–H groups in total. The molecule has 1 aromatic carbocycles. The number of alkyl halides is 3. The smallest absolute Gasteiger partial charge is 0.345 e. The van der Waals surface area contributed by atoms with Gasteiger partial charge < -0.3 is 25.8 Å². The Hall–Kier alpha value is -2.54. The van der Waals surface area contributed by atoms with Crippen LogP contribution in [-0.2, 0) is 9.47 Å². The zero-order valence-corrected chi connectivity index (χ0v) is 20.4. The van der Waals surface area contributed by atoms with Crippen LogP contribution >= 0.6 is 11.3 Å². The molecule has 1 saturated heterocycles. The first-order chi connectivity index (χ1) is 16.5. The number of nitrogens with two attached hydrogens (primary N) is 1. The molecule has 2 aromatic heterocycles. The summed E-state index contributed by atoms with van der Waals surface area (Å²) in [6.45, 7) is 4.58. The maximum Gasteiger partial charge on any atom is 0.405 e. The van der Waals surface area contributed by atoms with Crippen LogP contribution in [0.1, 0.15) is 32.4 Å². The van der Waals surface area contributed by atoms with E-state index < -0.39 is 24.2 Å². The van der Waals surface area contributed by atoms with Crippen LogP contribution in [0.4, 0.5) is 24.9 Å². The van der Waals surface area contributed by atoms with Gasteiger partial charge in [-0.3, -0.25) is 0 Å². The molecule has 12 heteroatoms. The molecule has 1 aliphatic heterocycles. The molecule has 3 aromatic rings. The van der Waals surface area contributed by atoms with Crippen molar-refractivity contribution in [3.8, 4) is 10.6 Å². The van der Waals surface area contributed by atoms with Crippen LogP contribution in [0, 0.1) is 12.8 Å². The van der Waals surface area contributed by atoms with E-state index in [9.17, 15) is 13.2 Å². The van der Waals surface area contributed by atoms with Crippen molar-refractivity contribution >= 4 is 33.3 Å². The van der Waals surface area contributed by atoms with E-state index in [0.29, 0.717) is 35.0 Å². The molecular weight excluding hydrogens is 481 g/mol. The number of hydrogen-bond donors (Lipinski definition) is 3. The van der Waals surface area contributed by atoms with Crippen LogP contribution in [0.3, 0.4) is 0 Å². The van der Waals surface area contributed by atoms with Gasteiger partial charge in [0.1, 0.15) is 23.5 Å². The lowest BCUT2D eigenvalue weighted by atomic mass is 10.0. The van der Waals surface area contributed by atoms with Crippen LogP contribution in [0.15, 0.2) is 24.3 Å². The first-order valence-corrected chi connectivity index (χ1v) is 12.2. The largest absolute Gasteiger partial charge is 0.405 e. The van der Waals surface area contributed by atoms with Crippen LogP contribution in [0.5, 0.6) is 0 Å². The van der Waals surface area contributed by atoms with E-state index in [2.05, 4.69) is 20.6 Å². The topological polar surface area (TPSA) is 107 Å². The number of fused-ring (bicyclic) bond motifs is 2. The lowest BCUT2D eigenvalue weighted by Crippen LogP contribution is -2.46. The van der Waals surface area contributed by atoms with Crippen molar-refractivity contribution in [1.82, 2.24) is 15.0 Å². The van der Waals surface area contributed by atoms with Crippen molar-refractivity contribution in [3.05, 3.63) is 30.0 Å². The van der Waals surface area contributed by atoms with Gasteiger partial charge in [0.15, 0.2) is 11.5 Å². The average molecular weight is 509 g/mol. The van der Waals surface area contributed by atoms with Crippen molar-refractivity contribution in [2.45, 2.75) is 57.4 Å². The first kappa shape index (κ1) is 24.2. The van der Waals surface area contributed by atoms with Crippen molar-refractivity contribution in [2.75, 3.05) is 23.7 Å². The van der Waals surface area contributed by atoms with Crippen molar-refractivity contribution in [2.24, 2.45) is 11.7 Å². The van der Waals surface area contributed by atoms with Gasteiger partial charge in [-0.25, -0.2) is 9.97 Å². The Bertz CT molecular complexity index is 1220. The van der Waals surface area contributed by atoms with E-state index in [0.717, 1.165) is 16.6 Å². The molecule has 0 radical (unpaired) electrons. The summed E-state index contributed by atoms with van der Waals surface area (Å²) in [5.74, 6) is -0.584. The summed E-state index contributed by atoms with van der Waals surface area (Å²) < 4.78 is 52.2. The monoisotopic (exact) mass is 508 g/mol. The van der Waals surface area contributed by atoms with Gasteiger partial charge in [-0.05, 0) is 52.3 Å². The van der Waals surface area contributed by atoms with Gasteiger partial charge in [0.25, 0.3) is 0 Å². The number of hydrogen-bond acceptors (Lipinski definition) is 9. The minimum absolute atomic E-state index is 0.0703. The fraction of sp³-hybridized carbons (Fsp3) is 0.522. The number of benzene rings is 1. The second kappa shape index (κ2) is 8.54. The Kier molecular flexibility index (Phi) is 5.90. The predicted octanol–water partition coefficient (Wildman–Crippen LogP) is 4.66. The second-order valence-corrected chi connectivity index (χ2v) is 10.4. The van der Waals surface area contributed by atoms with Crippen molar-refractivity contribution in [3.63, 3.8) is 0 Å². The number of anilines is 2. The number of aromatic nitrogens is 3. The van der Waals surface area contributed by atoms with Gasteiger partial charge in [0, 0.05) is 5.92 Å². The molecule has 1 aliphatic carbocycles. The molecule has 2 aliphatic rings. The normalized spacial score (nSPS) is 25.7. The van der Waals surface area contributed by atoms with Gasteiger partial charge in [0.05, 0.1) is 21.5 Å². The molecule has 35 heavy (non-hydrogen) atoms. The number of thiazole rings is 1. The number of ether oxygens (including phenoxy) is 2. The van der Waals surface area contributed by atoms with Crippen LogP contribution < -0.4 is 16.4 Å². The fourth-order valence-electron chi connectivity index (χ4n) is 4.90. The zero-order chi connectivity index (χ0) is 25.0. The number of para-hydroxylation sites is 1. The summed E-state index contributed by atoms with van der Waals surface area (Å²) >= 11 is 1.46. The Balaban J connectivity index is 1.60. The minimum atomic E-state index is -4.41. The Morgan fingerprint density at radius 3 is 2.69 bits per heavy atom. The minimum Gasteiger partial charge on any atom is -0.345 e. The second-order valence-electron chi connectivity index (χ2n) is 9.40. The molecule has 5 rings (SSSR count). The maximum atomic E-state index is 12.9. The van der Waals surface area contributed by atoms with Crippen LogP contribution in [0.25, 0.3) is 20.8 Å².